The SMILES string of the molecule is c1ccc(-c2ccc(N(c3ccc4ccccc4c3)c3ccc4oc5cnccc5c4c3)cc2)cc1. The summed E-state index contributed by atoms with van der Waals surface area (Å²) in [6.45, 7) is 0. The molecule has 2 heterocycles. The molecule has 0 aliphatic carbocycles. The minimum atomic E-state index is 0.800. The molecule has 3 nitrogen and oxygen atoms in total. The number of pyridine rings is 1. The number of benzene rings is 5. The first-order valence-electron chi connectivity index (χ1n) is 12.0. The van der Waals surface area contributed by atoms with Crippen LogP contribution in [0.5, 0.6) is 0 Å². The molecule has 0 aliphatic rings. The van der Waals surface area contributed by atoms with Crippen LogP contribution in [-0.4, -0.2) is 4.98 Å². The van der Waals surface area contributed by atoms with E-state index in [1.165, 1.54) is 21.9 Å². The molecular weight excluding hydrogens is 440 g/mol. The Morgan fingerprint density at radius 2 is 1.19 bits per heavy atom. The first-order valence-corrected chi connectivity index (χ1v) is 12.0. The molecule has 0 fully saturated rings. The molecule has 170 valence electrons. The lowest BCUT2D eigenvalue weighted by Gasteiger charge is -2.26. The van der Waals surface area contributed by atoms with E-state index in [9.17, 15) is 0 Å². The number of fused-ring (bicyclic) bond motifs is 4. The average Bonchev–Trinajstić information content (AvgIpc) is 3.32. The van der Waals surface area contributed by atoms with E-state index in [1.54, 1.807) is 6.20 Å². The fourth-order valence-electron chi connectivity index (χ4n) is 4.96. The maximum Gasteiger partial charge on any atom is 0.153 e. The molecule has 0 atom stereocenters. The van der Waals surface area contributed by atoms with E-state index in [0.29, 0.717) is 0 Å². The van der Waals surface area contributed by atoms with E-state index in [1.807, 2.05) is 18.3 Å². The number of hydrogen-bond donors (Lipinski definition) is 0. The predicted octanol–water partition coefficient (Wildman–Crippen LogP) is 9.27. The minimum Gasteiger partial charge on any atom is -0.454 e. The van der Waals surface area contributed by atoms with E-state index in [4.69, 9.17) is 4.42 Å². The summed E-state index contributed by atoms with van der Waals surface area (Å²) in [5.74, 6) is 0. The van der Waals surface area contributed by atoms with Gasteiger partial charge in [0.1, 0.15) is 5.58 Å². The smallest absolute Gasteiger partial charge is 0.153 e. The zero-order valence-corrected chi connectivity index (χ0v) is 19.5. The van der Waals surface area contributed by atoms with Crippen molar-refractivity contribution in [1.29, 1.82) is 0 Å². The third-order valence-corrected chi connectivity index (χ3v) is 6.74. The minimum absolute atomic E-state index is 0.800. The summed E-state index contributed by atoms with van der Waals surface area (Å²) in [5.41, 5.74) is 7.34. The van der Waals surface area contributed by atoms with E-state index in [2.05, 4.69) is 119 Å². The van der Waals surface area contributed by atoms with Crippen molar-refractivity contribution >= 4 is 49.8 Å². The van der Waals surface area contributed by atoms with Crippen molar-refractivity contribution in [2.45, 2.75) is 0 Å². The van der Waals surface area contributed by atoms with Crippen LogP contribution in [0.4, 0.5) is 17.1 Å². The van der Waals surface area contributed by atoms with Gasteiger partial charge in [0.2, 0.25) is 0 Å². The summed E-state index contributed by atoms with van der Waals surface area (Å²) in [6.07, 6.45) is 3.59. The highest BCUT2D eigenvalue weighted by Crippen LogP contribution is 2.39. The van der Waals surface area contributed by atoms with Crippen molar-refractivity contribution < 1.29 is 4.42 Å². The van der Waals surface area contributed by atoms with Crippen LogP contribution in [0.15, 0.2) is 138 Å². The maximum absolute atomic E-state index is 6.04. The maximum atomic E-state index is 6.04. The quantitative estimate of drug-likeness (QED) is 0.261. The highest BCUT2D eigenvalue weighted by Gasteiger charge is 2.16. The summed E-state index contributed by atoms with van der Waals surface area (Å²) >= 11 is 0. The van der Waals surface area contributed by atoms with Crippen molar-refractivity contribution in [3.63, 3.8) is 0 Å². The van der Waals surface area contributed by atoms with Crippen LogP contribution < -0.4 is 4.90 Å². The number of nitrogens with zero attached hydrogens (tertiary/aromatic N) is 2. The molecule has 0 saturated heterocycles. The molecule has 7 aromatic rings. The van der Waals surface area contributed by atoms with Gasteiger partial charge in [0.05, 0.1) is 6.20 Å². The third kappa shape index (κ3) is 3.50. The molecule has 36 heavy (non-hydrogen) atoms. The summed E-state index contributed by atoms with van der Waals surface area (Å²) in [6, 6.07) is 42.8. The van der Waals surface area contributed by atoms with Gasteiger partial charge in [-0.1, -0.05) is 72.8 Å². The summed E-state index contributed by atoms with van der Waals surface area (Å²) in [5, 5.41) is 4.59. The van der Waals surface area contributed by atoms with Gasteiger partial charge in [-0.2, -0.15) is 0 Å². The molecule has 0 unspecified atom stereocenters. The molecule has 0 saturated carbocycles. The highest BCUT2D eigenvalue weighted by molar-refractivity contribution is 6.06. The molecule has 5 aromatic carbocycles. The summed E-state index contributed by atoms with van der Waals surface area (Å²) < 4.78 is 6.04. The second-order valence-electron chi connectivity index (χ2n) is 8.93. The van der Waals surface area contributed by atoms with Crippen LogP contribution in [-0.2, 0) is 0 Å². The lowest BCUT2D eigenvalue weighted by molar-refractivity contribution is 0.667. The van der Waals surface area contributed by atoms with Gasteiger partial charge in [-0.15, -0.1) is 0 Å². The Hall–Kier alpha value is -4.89. The highest BCUT2D eigenvalue weighted by atomic mass is 16.3. The molecule has 2 aromatic heterocycles. The molecule has 7 rings (SSSR count). The molecule has 0 amide bonds. The van der Waals surface area contributed by atoms with Gasteiger partial charge in [0.15, 0.2) is 5.58 Å². The van der Waals surface area contributed by atoms with Gasteiger partial charge in [0, 0.05) is 34.0 Å². The average molecular weight is 463 g/mol. The van der Waals surface area contributed by atoms with E-state index in [0.717, 1.165) is 39.0 Å². The number of hydrogen-bond acceptors (Lipinski definition) is 3. The van der Waals surface area contributed by atoms with E-state index >= 15 is 0 Å². The summed E-state index contributed by atoms with van der Waals surface area (Å²) in [4.78, 5) is 6.53. The van der Waals surface area contributed by atoms with Gasteiger partial charge in [-0.25, -0.2) is 0 Å². The Bertz CT molecular complexity index is 1840. The number of rotatable bonds is 4. The Morgan fingerprint density at radius 1 is 0.500 bits per heavy atom. The molecular formula is C33H22N2O. The Kier molecular flexibility index (Phi) is 4.78. The zero-order chi connectivity index (χ0) is 23.9. The fourth-order valence-corrected chi connectivity index (χ4v) is 4.96. The second kappa shape index (κ2) is 8.40. The number of anilines is 3. The first kappa shape index (κ1) is 20.5. The lowest BCUT2D eigenvalue weighted by Crippen LogP contribution is -2.09. The largest absolute Gasteiger partial charge is 0.454 e. The molecule has 0 N–H and O–H groups in total. The fraction of sp³-hybridized carbons (Fsp3) is 0. The van der Waals surface area contributed by atoms with Crippen molar-refractivity contribution in [1.82, 2.24) is 4.98 Å². The van der Waals surface area contributed by atoms with Crippen molar-refractivity contribution in [3.8, 4) is 11.1 Å². The van der Waals surface area contributed by atoms with E-state index in [-0.39, 0.29) is 0 Å². The Morgan fingerprint density at radius 3 is 2.06 bits per heavy atom. The van der Waals surface area contributed by atoms with Crippen LogP contribution >= 0.6 is 0 Å². The normalized spacial score (nSPS) is 11.3. The van der Waals surface area contributed by atoms with Gasteiger partial charge < -0.3 is 9.32 Å². The molecule has 3 heteroatoms. The molecule has 0 spiro atoms. The van der Waals surface area contributed by atoms with Crippen molar-refractivity contribution in [2.24, 2.45) is 0 Å². The van der Waals surface area contributed by atoms with Crippen molar-refractivity contribution in [3.05, 3.63) is 134 Å². The zero-order valence-electron chi connectivity index (χ0n) is 19.5. The molecule has 0 radical (unpaired) electrons. The van der Waals surface area contributed by atoms with Crippen LogP contribution in [0.3, 0.4) is 0 Å². The third-order valence-electron chi connectivity index (χ3n) is 6.74. The Balaban J connectivity index is 1.41. The number of aromatic nitrogens is 1. The summed E-state index contributed by atoms with van der Waals surface area (Å²) in [7, 11) is 0. The van der Waals surface area contributed by atoms with Gasteiger partial charge >= 0.3 is 0 Å². The standard InChI is InChI=1S/C33H22N2O/c1-2-6-23(7-3-1)25-10-13-27(14-11-25)35(28-15-12-24-8-4-5-9-26(24)20-28)29-16-17-32-31(21-29)30-18-19-34-22-33(30)36-32/h1-22H. The van der Waals surface area contributed by atoms with Gasteiger partial charge in [-0.05, 0) is 70.4 Å². The number of furan rings is 1. The second-order valence-corrected chi connectivity index (χ2v) is 8.93. The lowest BCUT2D eigenvalue weighted by atomic mass is 10.0. The molecule has 0 aliphatic heterocycles. The monoisotopic (exact) mass is 462 g/mol. The van der Waals surface area contributed by atoms with Crippen LogP contribution in [0.2, 0.25) is 0 Å². The van der Waals surface area contributed by atoms with Crippen LogP contribution in [0.25, 0.3) is 43.8 Å². The van der Waals surface area contributed by atoms with Crippen LogP contribution in [0, 0.1) is 0 Å². The first-order chi connectivity index (χ1) is 17.8. The van der Waals surface area contributed by atoms with Gasteiger partial charge in [-0.3, -0.25) is 4.98 Å². The predicted molar refractivity (Wildman–Crippen MR) is 149 cm³/mol. The Labute approximate surface area is 208 Å². The van der Waals surface area contributed by atoms with Crippen LogP contribution in [0.1, 0.15) is 0 Å². The van der Waals surface area contributed by atoms with Crippen molar-refractivity contribution in [2.75, 3.05) is 4.90 Å². The van der Waals surface area contributed by atoms with Gasteiger partial charge in [0.25, 0.3) is 0 Å². The molecule has 0 bridgehead atoms. The van der Waals surface area contributed by atoms with E-state index < -0.39 is 0 Å². The topological polar surface area (TPSA) is 29.3 Å².